The summed E-state index contributed by atoms with van der Waals surface area (Å²) in [5.74, 6) is -0.0557. The van der Waals surface area contributed by atoms with E-state index in [0.29, 0.717) is 39.3 Å². The zero-order valence-electron chi connectivity index (χ0n) is 17.4. The van der Waals surface area contributed by atoms with E-state index in [2.05, 4.69) is 5.32 Å². The number of anilines is 1. The van der Waals surface area contributed by atoms with Gasteiger partial charge in [0.05, 0.1) is 4.91 Å². The van der Waals surface area contributed by atoms with Crippen LogP contribution in [0.5, 0.6) is 0 Å². The average Bonchev–Trinajstić information content (AvgIpc) is 3.01. The first kappa shape index (κ1) is 22.7. The van der Waals surface area contributed by atoms with Gasteiger partial charge >= 0.3 is 0 Å². The molecule has 1 aliphatic heterocycles. The number of aromatic nitrogens is 1. The largest absolute Gasteiger partial charge is 0.367 e. The highest BCUT2D eigenvalue weighted by Crippen LogP contribution is 2.35. The van der Waals surface area contributed by atoms with Crippen molar-refractivity contribution in [3.8, 4) is 6.07 Å². The van der Waals surface area contributed by atoms with Crippen molar-refractivity contribution in [2.24, 2.45) is 7.05 Å². The molecule has 1 fully saturated rings. The quantitative estimate of drug-likeness (QED) is 0.524. The van der Waals surface area contributed by atoms with E-state index in [4.69, 9.17) is 12.2 Å². The number of pyridine rings is 1. The molecule has 0 atom stereocenters. The van der Waals surface area contributed by atoms with Crippen LogP contribution in [-0.4, -0.2) is 26.2 Å². The van der Waals surface area contributed by atoms with Crippen LogP contribution in [0.1, 0.15) is 35.6 Å². The third-order valence-corrected chi connectivity index (χ3v) is 6.35. The summed E-state index contributed by atoms with van der Waals surface area (Å²) in [5.41, 5.74) is 1.45. The molecule has 0 spiro atoms. The predicted octanol–water partition coefficient (Wildman–Crippen LogP) is 3.93. The second kappa shape index (κ2) is 9.45. The molecule has 31 heavy (non-hydrogen) atoms. The molecule has 3 rings (SSSR count). The van der Waals surface area contributed by atoms with Crippen LogP contribution >= 0.6 is 24.0 Å². The van der Waals surface area contributed by atoms with Gasteiger partial charge in [0.1, 0.15) is 27.6 Å². The number of hydrogen-bond acceptors (Lipinski definition) is 6. The van der Waals surface area contributed by atoms with E-state index in [1.165, 1.54) is 28.5 Å². The molecule has 9 heteroatoms. The molecule has 0 radical (unpaired) electrons. The van der Waals surface area contributed by atoms with Crippen LogP contribution in [0.2, 0.25) is 0 Å². The zero-order valence-corrected chi connectivity index (χ0v) is 19.0. The highest BCUT2D eigenvalue weighted by atomic mass is 32.2. The topological polar surface area (TPSA) is 78.1 Å². The number of halogens is 1. The van der Waals surface area contributed by atoms with Gasteiger partial charge in [-0.1, -0.05) is 43.0 Å². The van der Waals surface area contributed by atoms with E-state index < -0.39 is 5.56 Å². The maximum absolute atomic E-state index is 13.2. The summed E-state index contributed by atoms with van der Waals surface area (Å²) >= 11 is 6.54. The normalized spacial score (nSPS) is 14.9. The molecule has 0 bridgehead atoms. The first-order valence-corrected chi connectivity index (χ1v) is 10.9. The molecule has 1 N–H and O–H groups in total. The Bertz CT molecular complexity index is 1180. The number of carbonyl (C=O) groups is 1. The van der Waals surface area contributed by atoms with Crippen LogP contribution in [0.25, 0.3) is 6.08 Å². The Morgan fingerprint density at radius 2 is 1.97 bits per heavy atom. The number of hydrogen-bond donors (Lipinski definition) is 1. The smallest absolute Gasteiger partial charge is 0.270 e. The van der Waals surface area contributed by atoms with E-state index in [-0.39, 0.29) is 17.3 Å². The van der Waals surface area contributed by atoms with Crippen molar-refractivity contribution in [1.29, 1.82) is 5.26 Å². The van der Waals surface area contributed by atoms with Gasteiger partial charge in [-0.3, -0.25) is 19.1 Å². The van der Waals surface area contributed by atoms with Crippen molar-refractivity contribution in [3.63, 3.8) is 0 Å². The summed E-state index contributed by atoms with van der Waals surface area (Å²) < 4.78 is 15.0. The molecule has 160 valence electrons. The lowest BCUT2D eigenvalue weighted by Gasteiger charge is -2.18. The Balaban J connectivity index is 2.08. The molecule has 0 aliphatic carbocycles. The molecule has 0 saturated carbocycles. The first-order valence-electron chi connectivity index (χ1n) is 9.65. The fourth-order valence-electron chi connectivity index (χ4n) is 3.28. The van der Waals surface area contributed by atoms with Gasteiger partial charge in [-0.05, 0) is 42.7 Å². The average molecular weight is 457 g/mol. The molecular formula is C22H21FN4O2S2. The van der Waals surface area contributed by atoms with Crippen LogP contribution in [0, 0.1) is 24.1 Å². The summed E-state index contributed by atoms with van der Waals surface area (Å²) in [7, 11) is 1.56. The maximum Gasteiger partial charge on any atom is 0.270 e. The predicted molar refractivity (Wildman–Crippen MR) is 125 cm³/mol. The van der Waals surface area contributed by atoms with Gasteiger partial charge < -0.3 is 5.32 Å². The molecule has 2 aromatic rings. The molecule has 1 aromatic heterocycles. The maximum atomic E-state index is 13.2. The monoisotopic (exact) mass is 456 g/mol. The minimum Gasteiger partial charge on any atom is -0.367 e. The van der Waals surface area contributed by atoms with E-state index in [1.54, 1.807) is 37.1 Å². The van der Waals surface area contributed by atoms with Crippen LogP contribution in [0.15, 0.2) is 34.0 Å². The van der Waals surface area contributed by atoms with E-state index >= 15 is 0 Å². The lowest BCUT2D eigenvalue weighted by atomic mass is 10.0. The minimum absolute atomic E-state index is 0.0186. The summed E-state index contributed by atoms with van der Waals surface area (Å²) in [6.07, 6.45) is 2.46. The van der Waals surface area contributed by atoms with Gasteiger partial charge in [0.15, 0.2) is 0 Å². The van der Waals surface area contributed by atoms with Gasteiger partial charge in [0.25, 0.3) is 11.5 Å². The molecule has 2 heterocycles. The van der Waals surface area contributed by atoms with Crippen molar-refractivity contribution in [3.05, 3.63) is 67.6 Å². The number of rotatable bonds is 6. The van der Waals surface area contributed by atoms with Gasteiger partial charge in [-0.25, -0.2) is 4.39 Å². The number of thiocarbonyl (C=S) groups is 1. The summed E-state index contributed by atoms with van der Waals surface area (Å²) in [6.45, 7) is 4.52. The third kappa shape index (κ3) is 4.55. The van der Waals surface area contributed by atoms with E-state index in [0.717, 1.165) is 12.0 Å². The van der Waals surface area contributed by atoms with E-state index in [1.807, 2.05) is 13.0 Å². The highest BCUT2D eigenvalue weighted by molar-refractivity contribution is 8.26. The summed E-state index contributed by atoms with van der Waals surface area (Å²) in [4.78, 5) is 27.5. The SMILES string of the molecule is CCCN1C(=O)/C(=C\c2c(C)c(C#N)c(=O)n(C)c2NCc2ccc(F)cc2)SC1=S. The molecule has 1 saturated heterocycles. The number of carbonyl (C=O) groups excluding carboxylic acids is 1. The molecular weight excluding hydrogens is 435 g/mol. The fraction of sp³-hybridized carbons (Fsp3) is 0.273. The molecule has 0 unspecified atom stereocenters. The van der Waals surface area contributed by atoms with Crippen molar-refractivity contribution in [2.75, 3.05) is 11.9 Å². The molecule has 6 nitrogen and oxygen atoms in total. The van der Waals surface area contributed by atoms with Crippen molar-refractivity contribution in [1.82, 2.24) is 9.47 Å². The second-order valence-electron chi connectivity index (χ2n) is 7.05. The minimum atomic E-state index is -0.433. The fourth-order valence-corrected chi connectivity index (χ4v) is 4.57. The van der Waals surface area contributed by atoms with Gasteiger partial charge in [-0.2, -0.15) is 5.26 Å². The van der Waals surface area contributed by atoms with Crippen molar-refractivity contribution >= 4 is 46.1 Å². The van der Waals surface area contributed by atoms with Crippen LogP contribution in [0.3, 0.4) is 0 Å². The Morgan fingerprint density at radius 1 is 1.29 bits per heavy atom. The lowest BCUT2D eigenvalue weighted by molar-refractivity contribution is -0.122. The number of nitriles is 1. The van der Waals surface area contributed by atoms with Crippen LogP contribution < -0.4 is 10.9 Å². The number of amides is 1. The summed E-state index contributed by atoms with van der Waals surface area (Å²) in [6, 6.07) is 7.98. The first-order chi connectivity index (χ1) is 14.8. The Morgan fingerprint density at radius 3 is 2.58 bits per heavy atom. The third-order valence-electron chi connectivity index (χ3n) is 4.97. The molecule has 1 aromatic carbocycles. The molecule has 1 aliphatic rings. The number of nitrogens with zero attached hydrogens (tertiary/aromatic N) is 3. The summed E-state index contributed by atoms with van der Waals surface area (Å²) in [5, 5.41) is 12.7. The lowest BCUT2D eigenvalue weighted by Crippen LogP contribution is -2.28. The Labute approximate surface area is 189 Å². The van der Waals surface area contributed by atoms with E-state index in [9.17, 15) is 19.2 Å². The Kier molecular flexibility index (Phi) is 6.93. The van der Waals surface area contributed by atoms with Crippen LogP contribution in [-0.2, 0) is 18.4 Å². The number of thioether (sulfide) groups is 1. The standard InChI is InChI=1S/C22H21FN4O2S2/c1-4-9-27-21(29)18(31-22(27)30)10-16-13(2)17(11-24)20(28)26(3)19(16)25-12-14-5-7-15(23)8-6-14/h5-8,10,25H,4,9,12H2,1-3H3/b18-10+. The van der Waals surface area contributed by atoms with Crippen molar-refractivity contribution in [2.45, 2.75) is 26.8 Å². The Hall–Kier alpha value is -2.96. The van der Waals surface area contributed by atoms with Gasteiger partial charge in [-0.15, -0.1) is 0 Å². The van der Waals surface area contributed by atoms with Crippen molar-refractivity contribution < 1.29 is 9.18 Å². The van der Waals surface area contributed by atoms with Crippen LogP contribution in [0.4, 0.5) is 10.2 Å². The van der Waals surface area contributed by atoms with Gasteiger partial charge in [0, 0.05) is 25.7 Å². The molecule has 1 amide bonds. The zero-order chi connectivity index (χ0) is 22.7. The second-order valence-corrected chi connectivity index (χ2v) is 8.73. The highest BCUT2D eigenvalue weighted by Gasteiger charge is 2.32. The number of nitrogens with one attached hydrogen (secondary N) is 1. The van der Waals surface area contributed by atoms with Gasteiger partial charge in [0.2, 0.25) is 0 Å². The number of benzene rings is 1.